The van der Waals surface area contributed by atoms with Crippen molar-refractivity contribution in [3.8, 4) is 0 Å². The van der Waals surface area contributed by atoms with Crippen molar-refractivity contribution in [2.75, 3.05) is 0 Å². The lowest BCUT2D eigenvalue weighted by molar-refractivity contribution is 0.615. The van der Waals surface area contributed by atoms with Gasteiger partial charge >= 0.3 is 0 Å². The number of aryl methyl sites for hydroxylation is 2. The van der Waals surface area contributed by atoms with Gasteiger partial charge in [0.1, 0.15) is 0 Å². The van der Waals surface area contributed by atoms with Gasteiger partial charge in [-0.1, -0.05) is 100 Å². The number of fused-ring (bicyclic) bond motifs is 4. The Balaban J connectivity index is 0.000000214. The molecule has 0 saturated carbocycles. The molecule has 0 atom stereocenters. The number of hydrogen-bond donors (Lipinski definition) is 0. The molecule has 2 heterocycles. The maximum absolute atomic E-state index is 4.18. The van der Waals surface area contributed by atoms with E-state index in [1.54, 1.807) is 0 Å². The number of aromatic nitrogens is 2. The predicted molar refractivity (Wildman–Crippen MR) is 144 cm³/mol. The normalized spacial score (nSPS) is 11.1. The quantitative estimate of drug-likeness (QED) is 0.222. The third-order valence-corrected chi connectivity index (χ3v) is 6.41. The lowest BCUT2D eigenvalue weighted by atomic mass is 10.0. The van der Waals surface area contributed by atoms with Gasteiger partial charge in [0.2, 0.25) is 0 Å². The first kappa shape index (κ1) is 23.0. The Labute approximate surface area is 198 Å². The van der Waals surface area contributed by atoms with Gasteiger partial charge in [-0.15, -0.1) is 0 Å². The summed E-state index contributed by atoms with van der Waals surface area (Å²) in [6, 6.07) is 25.5. The molecule has 3 aromatic carbocycles. The number of para-hydroxylation sites is 1. The van der Waals surface area contributed by atoms with E-state index in [4.69, 9.17) is 0 Å². The largest absolute Gasteiger partial charge is 0.347 e. The van der Waals surface area contributed by atoms with E-state index in [0.717, 1.165) is 12.1 Å². The second-order valence-electron chi connectivity index (χ2n) is 8.89. The van der Waals surface area contributed by atoms with E-state index in [9.17, 15) is 0 Å². The zero-order chi connectivity index (χ0) is 22.9. The van der Waals surface area contributed by atoms with Crippen molar-refractivity contribution in [1.29, 1.82) is 0 Å². The van der Waals surface area contributed by atoms with E-state index in [1.165, 1.54) is 77.6 Å². The van der Waals surface area contributed by atoms with Crippen LogP contribution in [0.25, 0.3) is 32.6 Å². The molecule has 0 fully saturated rings. The molecule has 0 radical (unpaired) electrons. The number of hydrogen-bond acceptors (Lipinski definition) is 1. The van der Waals surface area contributed by atoms with Crippen LogP contribution in [-0.4, -0.2) is 9.55 Å². The van der Waals surface area contributed by atoms with Gasteiger partial charge in [0.05, 0.1) is 11.0 Å². The predicted octanol–water partition coefficient (Wildman–Crippen LogP) is 8.95. The Morgan fingerprint density at radius 1 is 0.667 bits per heavy atom. The van der Waals surface area contributed by atoms with Crippen LogP contribution in [0.15, 0.2) is 85.2 Å². The highest BCUT2D eigenvalue weighted by Gasteiger charge is 2.11. The van der Waals surface area contributed by atoms with Gasteiger partial charge in [-0.2, -0.15) is 0 Å². The van der Waals surface area contributed by atoms with Gasteiger partial charge in [-0.3, -0.25) is 4.98 Å². The Morgan fingerprint density at radius 3 is 2.21 bits per heavy atom. The molecule has 5 rings (SSSR count). The molecule has 2 heteroatoms. The van der Waals surface area contributed by atoms with Gasteiger partial charge in [-0.25, -0.2) is 0 Å². The molecule has 0 saturated heterocycles. The maximum atomic E-state index is 4.18. The van der Waals surface area contributed by atoms with E-state index in [2.05, 4.69) is 78.1 Å². The molecule has 0 bridgehead atoms. The number of benzene rings is 3. The van der Waals surface area contributed by atoms with Crippen molar-refractivity contribution in [2.24, 2.45) is 0 Å². The zero-order valence-corrected chi connectivity index (χ0v) is 20.1. The highest BCUT2D eigenvalue weighted by Crippen LogP contribution is 2.30. The van der Waals surface area contributed by atoms with Crippen LogP contribution in [0, 0.1) is 0 Å². The van der Waals surface area contributed by atoms with Crippen LogP contribution in [0.1, 0.15) is 57.9 Å². The van der Waals surface area contributed by atoms with E-state index in [1.807, 2.05) is 30.5 Å². The smallest absolute Gasteiger partial charge is 0.0701 e. The molecular formula is C31H36N2. The van der Waals surface area contributed by atoms with Crippen molar-refractivity contribution in [1.82, 2.24) is 9.55 Å². The van der Waals surface area contributed by atoms with Crippen molar-refractivity contribution >= 4 is 32.6 Å². The first-order valence-corrected chi connectivity index (χ1v) is 12.6. The van der Waals surface area contributed by atoms with E-state index in [-0.39, 0.29) is 0 Å². The third kappa shape index (κ3) is 5.63. The fourth-order valence-electron chi connectivity index (χ4n) is 4.64. The van der Waals surface area contributed by atoms with E-state index >= 15 is 0 Å². The maximum Gasteiger partial charge on any atom is 0.0701 e. The van der Waals surface area contributed by atoms with Crippen LogP contribution in [0.3, 0.4) is 0 Å². The van der Waals surface area contributed by atoms with Crippen LogP contribution in [0.4, 0.5) is 0 Å². The second kappa shape index (κ2) is 11.7. The number of pyridine rings is 1. The van der Waals surface area contributed by atoms with Crippen molar-refractivity contribution < 1.29 is 0 Å². The van der Waals surface area contributed by atoms with E-state index in [0.29, 0.717) is 0 Å². The van der Waals surface area contributed by atoms with Gasteiger partial charge in [0.15, 0.2) is 0 Å². The minimum atomic E-state index is 1.06. The lowest BCUT2D eigenvalue weighted by Gasteiger charge is -2.07. The minimum Gasteiger partial charge on any atom is -0.347 e. The SMILES string of the molecule is CCCCCc1cn(CCCCC)c2c1ccc1ccccc12.c1ccc2ncccc2c1. The Kier molecular flexibility index (Phi) is 8.14. The summed E-state index contributed by atoms with van der Waals surface area (Å²) in [5, 5.41) is 5.43. The first-order valence-electron chi connectivity index (χ1n) is 12.6. The van der Waals surface area contributed by atoms with Gasteiger partial charge in [0, 0.05) is 35.1 Å². The van der Waals surface area contributed by atoms with Crippen LogP contribution < -0.4 is 0 Å². The fourth-order valence-corrected chi connectivity index (χ4v) is 4.64. The molecule has 0 spiro atoms. The molecule has 5 aromatic rings. The minimum absolute atomic E-state index is 1.06. The molecule has 0 aliphatic rings. The molecule has 0 aliphatic heterocycles. The van der Waals surface area contributed by atoms with Crippen LogP contribution in [0.5, 0.6) is 0 Å². The number of nitrogens with zero attached hydrogens (tertiary/aromatic N) is 2. The van der Waals surface area contributed by atoms with Crippen LogP contribution in [-0.2, 0) is 13.0 Å². The Morgan fingerprint density at radius 2 is 1.39 bits per heavy atom. The molecule has 33 heavy (non-hydrogen) atoms. The molecule has 0 unspecified atom stereocenters. The van der Waals surface area contributed by atoms with Gasteiger partial charge in [-0.05, 0) is 42.3 Å². The molecule has 2 aromatic heterocycles. The Bertz CT molecular complexity index is 1230. The molecule has 170 valence electrons. The standard InChI is InChI=1S/C22H29N.C9H7N/c1-3-5-7-12-19-17-23(16-10-6-4-2)22-20-13-9-8-11-18(20)14-15-21(19)22;1-2-6-9-8(4-1)5-3-7-10-9/h8-9,11,13-15,17H,3-7,10,12,16H2,1-2H3;1-7H. The Hall–Kier alpha value is -3.13. The number of rotatable bonds is 8. The monoisotopic (exact) mass is 436 g/mol. The summed E-state index contributed by atoms with van der Waals surface area (Å²) >= 11 is 0. The van der Waals surface area contributed by atoms with Crippen molar-refractivity contribution in [2.45, 2.75) is 65.3 Å². The summed E-state index contributed by atoms with van der Waals surface area (Å²) in [5.74, 6) is 0. The fraction of sp³-hybridized carbons (Fsp3) is 0.323. The van der Waals surface area contributed by atoms with Crippen LogP contribution in [0.2, 0.25) is 0 Å². The summed E-state index contributed by atoms with van der Waals surface area (Å²) in [6.07, 6.45) is 13.2. The summed E-state index contributed by atoms with van der Waals surface area (Å²) in [5.41, 5.74) is 4.05. The van der Waals surface area contributed by atoms with Crippen molar-refractivity contribution in [3.63, 3.8) is 0 Å². The topological polar surface area (TPSA) is 17.8 Å². The molecule has 0 aliphatic carbocycles. The highest BCUT2D eigenvalue weighted by molar-refractivity contribution is 6.07. The average molecular weight is 437 g/mol. The summed E-state index contributed by atoms with van der Waals surface area (Å²) in [4.78, 5) is 4.18. The second-order valence-corrected chi connectivity index (χ2v) is 8.89. The first-order chi connectivity index (χ1) is 16.3. The summed E-state index contributed by atoms with van der Waals surface area (Å²) < 4.78 is 2.52. The summed E-state index contributed by atoms with van der Waals surface area (Å²) in [6.45, 7) is 5.70. The number of unbranched alkanes of at least 4 members (excludes halogenated alkanes) is 4. The third-order valence-electron chi connectivity index (χ3n) is 6.41. The summed E-state index contributed by atoms with van der Waals surface area (Å²) in [7, 11) is 0. The van der Waals surface area contributed by atoms with Crippen molar-refractivity contribution in [3.05, 3.63) is 90.8 Å². The molecule has 0 N–H and O–H groups in total. The van der Waals surface area contributed by atoms with Crippen LogP contribution >= 0.6 is 0 Å². The van der Waals surface area contributed by atoms with Gasteiger partial charge < -0.3 is 4.57 Å². The molecule has 0 amide bonds. The lowest BCUT2D eigenvalue weighted by Crippen LogP contribution is -1.96. The highest BCUT2D eigenvalue weighted by atomic mass is 15.0. The van der Waals surface area contributed by atoms with Gasteiger partial charge in [0.25, 0.3) is 0 Å². The zero-order valence-electron chi connectivity index (χ0n) is 20.1. The average Bonchev–Trinajstić information content (AvgIpc) is 3.23. The van der Waals surface area contributed by atoms with E-state index < -0.39 is 0 Å². The molecular weight excluding hydrogens is 400 g/mol. The molecule has 2 nitrogen and oxygen atoms in total.